The molecule has 108 valence electrons. The van der Waals surface area contributed by atoms with E-state index in [4.69, 9.17) is 4.42 Å². The molecule has 0 unspecified atom stereocenters. The van der Waals surface area contributed by atoms with E-state index in [0.717, 1.165) is 33.4 Å². The lowest BCUT2D eigenvalue weighted by Crippen LogP contribution is -2.09. The van der Waals surface area contributed by atoms with Crippen LogP contribution in [0.1, 0.15) is 28.7 Å². The van der Waals surface area contributed by atoms with Crippen LogP contribution in [0.4, 0.5) is 0 Å². The molecular weight excluding hydrogens is 332 g/mol. The Balaban J connectivity index is 1.97. The van der Waals surface area contributed by atoms with Gasteiger partial charge in [0.15, 0.2) is 5.78 Å². The summed E-state index contributed by atoms with van der Waals surface area (Å²) in [5, 5.41) is 5.28. The maximum absolute atomic E-state index is 12.6. The summed E-state index contributed by atoms with van der Waals surface area (Å²) < 4.78 is 8.21. The summed E-state index contributed by atoms with van der Waals surface area (Å²) in [6, 6.07) is 7.57. The summed E-state index contributed by atoms with van der Waals surface area (Å²) >= 11 is 3.52. The van der Waals surface area contributed by atoms with Gasteiger partial charge in [0.1, 0.15) is 11.8 Å². The highest BCUT2D eigenvalue weighted by molar-refractivity contribution is 9.10. The second-order valence-electron chi connectivity index (χ2n) is 4.91. The Bertz CT molecular complexity index is 817. The Kier molecular flexibility index (Phi) is 3.68. The van der Waals surface area contributed by atoms with Gasteiger partial charge >= 0.3 is 0 Å². The molecule has 0 atom stereocenters. The molecule has 3 rings (SSSR count). The summed E-state index contributed by atoms with van der Waals surface area (Å²) in [5.41, 5.74) is 3.17. The lowest BCUT2D eigenvalue weighted by Gasteiger charge is -2.04. The van der Waals surface area contributed by atoms with Crippen molar-refractivity contribution in [2.75, 3.05) is 0 Å². The minimum Gasteiger partial charge on any atom is -0.464 e. The Morgan fingerprint density at radius 2 is 2.14 bits per heavy atom. The van der Waals surface area contributed by atoms with E-state index in [1.54, 1.807) is 6.26 Å². The van der Waals surface area contributed by atoms with Gasteiger partial charge in [-0.2, -0.15) is 5.10 Å². The number of carbonyl (C=O) groups excluding carboxylic acids is 1. The predicted molar refractivity (Wildman–Crippen MR) is 84.6 cm³/mol. The molecular formula is C16H15BrN2O2. The first-order chi connectivity index (χ1) is 10.1. The highest BCUT2D eigenvalue weighted by Gasteiger charge is 2.19. The van der Waals surface area contributed by atoms with Crippen LogP contribution in [0.2, 0.25) is 0 Å². The topological polar surface area (TPSA) is 48.0 Å². The molecule has 0 aliphatic carbocycles. The summed E-state index contributed by atoms with van der Waals surface area (Å²) in [4.78, 5) is 12.6. The second kappa shape index (κ2) is 5.48. The minimum absolute atomic E-state index is 0.0373. The number of nitrogens with zero attached hydrogens (tertiary/aromatic N) is 2. The number of aryl methyl sites for hydroxylation is 2. The fourth-order valence-corrected chi connectivity index (χ4v) is 2.90. The second-order valence-corrected chi connectivity index (χ2v) is 5.70. The molecule has 0 saturated heterocycles. The highest BCUT2D eigenvalue weighted by atomic mass is 79.9. The van der Waals surface area contributed by atoms with Gasteiger partial charge in [-0.3, -0.25) is 9.48 Å². The van der Waals surface area contributed by atoms with Crippen molar-refractivity contribution in [2.24, 2.45) is 0 Å². The molecule has 2 heterocycles. The molecule has 0 radical (unpaired) electrons. The van der Waals surface area contributed by atoms with E-state index in [2.05, 4.69) is 21.0 Å². The summed E-state index contributed by atoms with van der Waals surface area (Å²) in [6.07, 6.45) is 1.85. The zero-order valence-corrected chi connectivity index (χ0v) is 13.5. The Hall–Kier alpha value is -1.88. The van der Waals surface area contributed by atoms with E-state index >= 15 is 0 Å². The molecule has 5 heteroatoms. The van der Waals surface area contributed by atoms with Gasteiger partial charge < -0.3 is 4.42 Å². The molecule has 0 bridgehead atoms. The maximum atomic E-state index is 12.6. The molecule has 0 saturated carbocycles. The number of benzene rings is 1. The van der Waals surface area contributed by atoms with Crippen molar-refractivity contribution >= 4 is 32.7 Å². The van der Waals surface area contributed by atoms with E-state index in [0.29, 0.717) is 12.0 Å². The first-order valence-electron chi connectivity index (χ1n) is 6.83. The number of ketones is 1. The van der Waals surface area contributed by atoms with Crippen molar-refractivity contribution < 1.29 is 9.21 Å². The van der Waals surface area contributed by atoms with Crippen LogP contribution in [0.5, 0.6) is 0 Å². The Morgan fingerprint density at radius 3 is 2.90 bits per heavy atom. The average molecular weight is 347 g/mol. The van der Waals surface area contributed by atoms with Crippen molar-refractivity contribution in [3.63, 3.8) is 0 Å². The van der Waals surface area contributed by atoms with E-state index in [1.165, 1.54) is 0 Å². The SMILES string of the molecule is CCn1nc(C)c(Br)c1CC(=O)c1coc2ccccc12. The molecule has 0 spiro atoms. The third-order valence-corrected chi connectivity index (χ3v) is 4.59. The van der Waals surface area contributed by atoms with Crippen LogP contribution in [-0.2, 0) is 13.0 Å². The molecule has 21 heavy (non-hydrogen) atoms. The minimum atomic E-state index is 0.0373. The van der Waals surface area contributed by atoms with Crippen molar-refractivity contribution in [3.8, 4) is 0 Å². The van der Waals surface area contributed by atoms with Gasteiger partial charge in [0.2, 0.25) is 0 Å². The number of Topliss-reactive ketones (excluding diaryl/α,β-unsaturated/α-hetero) is 1. The van der Waals surface area contributed by atoms with Crippen molar-refractivity contribution in [1.29, 1.82) is 0 Å². The standard InChI is InChI=1S/C16H15BrN2O2/c1-3-19-13(16(17)10(2)18-19)8-14(20)12-9-21-15-7-5-4-6-11(12)15/h4-7,9H,3,8H2,1-2H3. The Morgan fingerprint density at radius 1 is 1.38 bits per heavy atom. The predicted octanol–water partition coefficient (Wildman–Crippen LogP) is 4.15. The normalized spacial score (nSPS) is 11.2. The first kappa shape index (κ1) is 14.1. The van der Waals surface area contributed by atoms with Gasteiger partial charge in [0, 0.05) is 11.9 Å². The van der Waals surface area contributed by atoms with Gasteiger partial charge in [-0.05, 0) is 35.8 Å². The smallest absolute Gasteiger partial charge is 0.172 e. The van der Waals surface area contributed by atoms with Gasteiger partial charge in [-0.1, -0.05) is 18.2 Å². The molecule has 4 nitrogen and oxygen atoms in total. The highest BCUT2D eigenvalue weighted by Crippen LogP contribution is 2.25. The zero-order chi connectivity index (χ0) is 15.0. The number of furan rings is 1. The number of fused-ring (bicyclic) bond motifs is 1. The van der Waals surface area contributed by atoms with E-state index in [9.17, 15) is 4.79 Å². The Labute approximate surface area is 130 Å². The van der Waals surface area contributed by atoms with Crippen LogP contribution in [0.3, 0.4) is 0 Å². The van der Waals surface area contributed by atoms with Crippen molar-refractivity contribution in [2.45, 2.75) is 26.8 Å². The van der Waals surface area contributed by atoms with Crippen LogP contribution in [0.15, 0.2) is 39.4 Å². The first-order valence-corrected chi connectivity index (χ1v) is 7.62. The molecule has 2 aromatic heterocycles. The molecule has 0 aliphatic rings. The van der Waals surface area contributed by atoms with E-state index in [1.807, 2.05) is 42.8 Å². The van der Waals surface area contributed by atoms with Gasteiger partial charge in [0.25, 0.3) is 0 Å². The molecule has 3 aromatic rings. The molecule has 0 fully saturated rings. The van der Waals surface area contributed by atoms with Crippen LogP contribution < -0.4 is 0 Å². The van der Waals surface area contributed by atoms with E-state index in [-0.39, 0.29) is 5.78 Å². The van der Waals surface area contributed by atoms with Gasteiger partial charge in [0.05, 0.1) is 27.8 Å². The molecule has 0 aliphatic heterocycles. The van der Waals surface area contributed by atoms with Crippen LogP contribution >= 0.6 is 15.9 Å². The monoisotopic (exact) mass is 346 g/mol. The van der Waals surface area contributed by atoms with Gasteiger partial charge in [-0.25, -0.2) is 0 Å². The largest absolute Gasteiger partial charge is 0.464 e. The van der Waals surface area contributed by atoms with E-state index < -0.39 is 0 Å². The maximum Gasteiger partial charge on any atom is 0.172 e. The number of para-hydroxylation sites is 1. The fourth-order valence-electron chi connectivity index (χ4n) is 2.48. The lowest BCUT2D eigenvalue weighted by molar-refractivity contribution is 0.0991. The summed E-state index contributed by atoms with van der Waals surface area (Å²) in [7, 11) is 0. The number of aromatic nitrogens is 2. The molecule has 0 N–H and O–H groups in total. The number of hydrogen-bond donors (Lipinski definition) is 0. The number of halogens is 1. The number of rotatable bonds is 4. The zero-order valence-electron chi connectivity index (χ0n) is 11.9. The van der Waals surface area contributed by atoms with Crippen LogP contribution in [0.25, 0.3) is 11.0 Å². The van der Waals surface area contributed by atoms with Crippen molar-refractivity contribution in [3.05, 3.63) is 52.0 Å². The quantitative estimate of drug-likeness (QED) is 0.667. The van der Waals surface area contributed by atoms with Crippen LogP contribution in [0, 0.1) is 6.92 Å². The van der Waals surface area contributed by atoms with Crippen LogP contribution in [-0.4, -0.2) is 15.6 Å². The lowest BCUT2D eigenvalue weighted by atomic mass is 10.1. The van der Waals surface area contributed by atoms with Crippen molar-refractivity contribution in [1.82, 2.24) is 9.78 Å². The average Bonchev–Trinajstić information content (AvgIpc) is 3.03. The number of hydrogen-bond acceptors (Lipinski definition) is 3. The van der Waals surface area contributed by atoms with Gasteiger partial charge in [-0.15, -0.1) is 0 Å². The molecule has 1 aromatic carbocycles. The fraction of sp³-hybridized carbons (Fsp3) is 0.250. The third kappa shape index (κ3) is 2.42. The third-order valence-electron chi connectivity index (χ3n) is 3.56. The summed E-state index contributed by atoms with van der Waals surface area (Å²) in [6.45, 7) is 4.68. The molecule has 0 amide bonds. The summed E-state index contributed by atoms with van der Waals surface area (Å²) in [5.74, 6) is 0.0373. The number of carbonyl (C=O) groups is 1.